The maximum atomic E-state index is 3.65. The third-order valence-corrected chi connectivity index (χ3v) is 8.74. The van der Waals surface area contributed by atoms with Crippen LogP contribution >= 0.6 is 0 Å². The van der Waals surface area contributed by atoms with E-state index in [1.165, 1.54) is 70.0 Å². The van der Waals surface area contributed by atoms with E-state index < -0.39 is 0 Å². The van der Waals surface area contributed by atoms with Crippen molar-refractivity contribution in [2.45, 2.75) is 114 Å². The van der Waals surface area contributed by atoms with Gasteiger partial charge in [-0.15, -0.1) is 11.6 Å². The predicted octanol–water partition coefficient (Wildman–Crippen LogP) is 10.9. The molecule has 41 heavy (non-hydrogen) atoms. The molecule has 6 rings (SSSR count). The molecule has 0 aliphatic heterocycles. The van der Waals surface area contributed by atoms with Gasteiger partial charge in [-0.3, -0.25) is 12.2 Å². The van der Waals surface area contributed by atoms with Crippen LogP contribution in [0, 0.1) is 23.5 Å². The summed E-state index contributed by atoms with van der Waals surface area (Å²) in [7, 11) is 0. The zero-order valence-corrected chi connectivity index (χ0v) is 30.4. The van der Waals surface area contributed by atoms with E-state index in [0.29, 0.717) is 11.3 Å². The Morgan fingerprint density at radius 2 is 1.44 bits per heavy atom. The Bertz CT molecular complexity index is 1430. The zero-order valence-electron chi connectivity index (χ0n) is 28.0. The zero-order chi connectivity index (χ0) is 30.7. The van der Waals surface area contributed by atoms with E-state index in [0.717, 1.165) is 12.8 Å². The molecular weight excluding hydrogens is 572 g/mol. The minimum atomic E-state index is 0.0340. The fourth-order valence-electron chi connectivity index (χ4n) is 7.02. The number of benzene rings is 2. The molecule has 1 atom stereocenters. The molecule has 2 aromatic carbocycles. The number of hydrogen-bond donors (Lipinski definition) is 0. The summed E-state index contributed by atoms with van der Waals surface area (Å²) in [5, 5.41) is 0. The van der Waals surface area contributed by atoms with Gasteiger partial charge >= 0.3 is 41.3 Å². The summed E-state index contributed by atoms with van der Waals surface area (Å²) in [5.74, 6) is 0.522. The van der Waals surface area contributed by atoms with Gasteiger partial charge in [-0.1, -0.05) is 111 Å². The van der Waals surface area contributed by atoms with E-state index in [1.54, 1.807) is 24.2 Å². The molecule has 2 aromatic rings. The number of allylic oxidation sites excluding steroid dienone is 8. The van der Waals surface area contributed by atoms with Gasteiger partial charge in [-0.2, -0.15) is 17.2 Å². The van der Waals surface area contributed by atoms with Crippen molar-refractivity contribution >= 4 is 14.4 Å². The molecule has 0 saturated carbocycles. The summed E-state index contributed by atoms with van der Waals surface area (Å²) < 4.78 is 1.51. The van der Waals surface area contributed by atoms with Crippen molar-refractivity contribution in [3.05, 3.63) is 93.1 Å². The molecule has 1 heteroatoms. The molecule has 0 saturated heterocycles. The first-order valence-corrected chi connectivity index (χ1v) is 16.6. The SMILES string of the molecule is CC1=[C-]C(C)(C)c2cc3c(cc21)-c1cc2c(cc1C3)C(C)(C)C=C2C.CCC1=[C-]C(C)C=C1C(C)(C)C.C[C](C)=[Zr+2]. The van der Waals surface area contributed by atoms with E-state index in [2.05, 4.69) is 139 Å². The van der Waals surface area contributed by atoms with Crippen LogP contribution in [0.2, 0.25) is 0 Å². The third kappa shape index (κ3) is 6.42. The van der Waals surface area contributed by atoms with Crippen molar-refractivity contribution in [2.24, 2.45) is 11.3 Å². The van der Waals surface area contributed by atoms with Gasteiger partial charge in [0, 0.05) is 5.41 Å². The fraction of sp³-hybridized carbons (Fsp3) is 0.475. The summed E-state index contributed by atoms with van der Waals surface area (Å²) >= 11 is 1.55. The van der Waals surface area contributed by atoms with Gasteiger partial charge < -0.3 is 0 Å². The number of fused-ring (bicyclic) bond motifs is 5. The topological polar surface area (TPSA) is 0 Å². The van der Waals surface area contributed by atoms with E-state index in [4.69, 9.17) is 0 Å². The first-order chi connectivity index (χ1) is 18.9. The summed E-state index contributed by atoms with van der Waals surface area (Å²) in [6.07, 6.45) is 14.1. The van der Waals surface area contributed by atoms with Crippen molar-refractivity contribution in [1.29, 1.82) is 0 Å². The molecule has 0 fully saturated rings. The van der Waals surface area contributed by atoms with Crippen LogP contribution in [-0.2, 0) is 41.5 Å². The Balaban J connectivity index is 0.000000203. The molecule has 1 unspecified atom stereocenters. The Kier molecular flexibility index (Phi) is 8.87. The van der Waals surface area contributed by atoms with E-state index in [9.17, 15) is 0 Å². The van der Waals surface area contributed by atoms with Crippen molar-refractivity contribution in [3.63, 3.8) is 0 Å². The van der Waals surface area contributed by atoms with Crippen LogP contribution in [0.25, 0.3) is 22.3 Å². The molecule has 0 N–H and O–H groups in total. The van der Waals surface area contributed by atoms with Gasteiger partial charge in [0.2, 0.25) is 0 Å². The average molecular weight is 622 g/mol. The number of rotatable bonds is 1. The van der Waals surface area contributed by atoms with Crippen molar-refractivity contribution in [3.8, 4) is 11.1 Å². The predicted molar refractivity (Wildman–Crippen MR) is 177 cm³/mol. The standard InChI is InChI=1S/C25H25.C12H19.C3H6.Zr/c1-14-12-24(3,4)22-8-16-7-17-9-23-19(15(2)13-25(23,5)6)11-21(17)20(16)10-18(14)22;1-6-10-7-9(2)8-11(10)12(3,4)5;1-3-2;/h8-12H,7H2,1-6H3;8-9H,6H2,1-5H3;1-2H3;/q2*-1;;+2. The Labute approximate surface area is 266 Å². The van der Waals surface area contributed by atoms with Crippen molar-refractivity contribution < 1.29 is 24.2 Å². The van der Waals surface area contributed by atoms with Gasteiger partial charge in [0.1, 0.15) is 0 Å². The summed E-state index contributed by atoms with van der Waals surface area (Å²) in [6, 6.07) is 9.81. The van der Waals surface area contributed by atoms with E-state index >= 15 is 0 Å². The van der Waals surface area contributed by atoms with Crippen LogP contribution in [0.3, 0.4) is 0 Å². The van der Waals surface area contributed by atoms with Crippen molar-refractivity contribution in [2.75, 3.05) is 0 Å². The second-order valence-electron chi connectivity index (χ2n) is 14.8. The van der Waals surface area contributed by atoms with Crippen LogP contribution in [0.4, 0.5) is 0 Å². The molecule has 0 amide bonds. The fourth-order valence-corrected chi connectivity index (χ4v) is 7.02. The van der Waals surface area contributed by atoms with Gasteiger partial charge in [0.05, 0.1) is 0 Å². The molecule has 0 heterocycles. The van der Waals surface area contributed by atoms with Gasteiger partial charge in [0.15, 0.2) is 0 Å². The molecule has 0 aromatic heterocycles. The molecule has 0 radical (unpaired) electrons. The molecule has 214 valence electrons. The van der Waals surface area contributed by atoms with Crippen LogP contribution in [-0.4, -0.2) is 3.21 Å². The van der Waals surface area contributed by atoms with Crippen LogP contribution in [0.15, 0.2) is 47.6 Å². The quantitative estimate of drug-likeness (QED) is 0.237. The Hall–Kier alpha value is -1.85. The first kappa shape index (κ1) is 32.1. The molecule has 0 nitrogen and oxygen atoms in total. The summed E-state index contributed by atoms with van der Waals surface area (Å²) in [4.78, 5) is 0. The van der Waals surface area contributed by atoms with Crippen LogP contribution in [0.5, 0.6) is 0 Å². The van der Waals surface area contributed by atoms with Crippen LogP contribution < -0.4 is 0 Å². The van der Waals surface area contributed by atoms with Crippen LogP contribution in [0.1, 0.15) is 130 Å². The number of hydrogen-bond acceptors (Lipinski definition) is 0. The Morgan fingerprint density at radius 1 is 0.902 bits per heavy atom. The molecular formula is C40H50Zr. The summed E-state index contributed by atoms with van der Waals surface area (Å²) in [5.41, 5.74) is 17.8. The van der Waals surface area contributed by atoms with Crippen molar-refractivity contribution in [1.82, 2.24) is 0 Å². The average Bonchev–Trinajstić information content (AvgIpc) is 3.52. The molecule has 0 bridgehead atoms. The second-order valence-corrected chi connectivity index (χ2v) is 17.3. The molecule has 4 aliphatic rings. The second kappa shape index (κ2) is 11.3. The van der Waals surface area contributed by atoms with E-state index in [-0.39, 0.29) is 10.8 Å². The Morgan fingerprint density at radius 3 is 1.95 bits per heavy atom. The molecule has 0 spiro atoms. The maximum absolute atomic E-state index is 3.65. The van der Waals surface area contributed by atoms with Gasteiger partial charge in [-0.25, -0.2) is 11.1 Å². The summed E-state index contributed by atoms with van der Waals surface area (Å²) in [6.45, 7) is 29.2. The monoisotopic (exact) mass is 620 g/mol. The third-order valence-electron chi connectivity index (χ3n) is 8.74. The normalized spacial score (nSPS) is 20.2. The first-order valence-electron chi connectivity index (χ1n) is 15.4. The van der Waals surface area contributed by atoms with E-state index in [1.807, 2.05) is 0 Å². The van der Waals surface area contributed by atoms with Gasteiger partial charge in [0.25, 0.3) is 0 Å². The molecule has 4 aliphatic carbocycles. The van der Waals surface area contributed by atoms with Gasteiger partial charge in [-0.05, 0) is 58.4 Å². The minimum absolute atomic E-state index is 0.0340.